The fourth-order valence-corrected chi connectivity index (χ4v) is 6.20. The van der Waals surface area contributed by atoms with E-state index in [-0.39, 0.29) is 6.04 Å². The van der Waals surface area contributed by atoms with Gasteiger partial charge in [-0.3, -0.25) is 14.6 Å². The highest BCUT2D eigenvalue weighted by Gasteiger charge is 2.46. The molecule has 4 unspecified atom stereocenters. The molecule has 0 saturated carbocycles. The van der Waals surface area contributed by atoms with Crippen molar-refractivity contribution in [3.05, 3.63) is 34.9 Å². The molecule has 3 heterocycles. The smallest absolute Gasteiger partial charge is 0.210 e. The van der Waals surface area contributed by atoms with Crippen molar-refractivity contribution in [2.75, 3.05) is 26.2 Å². The number of carbonyl (C=O) groups is 1. The molecule has 6 N–H and O–H groups in total. The molecule has 0 aromatic heterocycles. The highest BCUT2D eigenvalue weighted by molar-refractivity contribution is 5.97. The summed E-state index contributed by atoms with van der Waals surface area (Å²) in [5.74, 6) is 5.72. The molecule has 1 aromatic carbocycles. The Morgan fingerprint density at radius 3 is 2.64 bits per heavy atom. The van der Waals surface area contributed by atoms with E-state index in [0.29, 0.717) is 24.0 Å². The molecular formula is C27H44N8O. The first kappa shape index (κ1) is 27.9. The molecule has 0 spiro atoms. The van der Waals surface area contributed by atoms with Crippen LogP contribution in [0.15, 0.2) is 23.3 Å². The third-order valence-corrected chi connectivity index (χ3v) is 8.01. The Labute approximate surface area is 216 Å². The predicted molar refractivity (Wildman–Crippen MR) is 144 cm³/mol. The van der Waals surface area contributed by atoms with Gasteiger partial charge in [-0.05, 0) is 63.1 Å². The lowest BCUT2D eigenvalue weighted by Crippen LogP contribution is -2.50. The van der Waals surface area contributed by atoms with E-state index in [4.69, 9.17) is 22.6 Å². The fourth-order valence-electron chi connectivity index (χ4n) is 6.20. The van der Waals surface area contributed by atoms with Gasteiger partial charge >= 0.3 is 0 Å². The van der Waals surface area contributed by atoms with Crippen molar-refractivity contribution < 1.29 is 4.79 Å². The van der Waals surface area contributed by atoms with Crippen LogP contribution < -0.4 is 17.3 Å². The Kier molecular flexibility index (Phi) is 9.34. The van der Waals surface area contributed by atoms with Gasteiger partial charge in [-0.2, -0.15) is 10.4 Å². The summed E-state index contributed by atoms with van der Waals surface area (Å²) >= 11 is 0. The molecule has 1 aliphatic carbocycles. The summed E-state index contributed by atoms with van der Waals surface area (Å²) in [4.78, 5) is 17.2. The molecule has 3 saturated heterocycles. The van der Waals surface area contributed by atoms with Crippen LogP contribution >= 0.6 is 0 Å². The number of nitrogens with two attached hydrogens (primary N) is 3. The number of amidine groups is 1. The van der Waals surface area contributed by atoms with E-state index in [2.05, 4.69) is 46.1 Å². The van der Waals surface area contributed by atoms with E-state index < -0.39 is 5.54 Å². The number of nitriles is 1. The Balaban J connectivity index is 0.000000253. The molecule has 5 atom stereocenters. The number of hydrogen-bond acceptors (Lipinski definition) is 7. The second-order valence-electron chi connectivity index (χ2n) is 10.4. The monoisotopic (exact) mass is 496 g/mol. The third-order valence-electron chi connectivity index (χ3n) is 8.01. The standard InChI is InChI=1S/C18H28N6.C7H10N2O.C2H6/c1-11(19)8-23-9-15-7-14(23)10-24(15)17-5-3-12-6-13(18(20)22-21)2-4-16(12)17;1-7(5-8)3-2-4-9(7)6-10;1-2/h2,4,6,11,14-15,17H,3,5,7-10,19,21H2,1H3,(H2,20,22);6H,2-4H2,1H3;1-2H3/t11?,14?,15-,17?;;/m0../s1. The summed E-state index contributed by atoms with van der Waals surface area (Å²) in [5, 5.41) is 12.3. The molecule has 5 rings (SSSR count). The topological polar surface area (TPSA) is 141 Å². The van der Waals surface area contributed by atoms with Gasteiger partial charge in [-0.1, -0.05) is 26.0 Å². The second kappa shape index (κ2) is 12.0. The van der Waals surface area contributed by atoms with E-state index in [0.717, 1.165) is 44.3 Å². The summed E-state index contributed by atoms with van der Waals surface area (Å²) in [6.45, 7) is 12.0. The molecule has 3 fully saturated rings. The maximum Gasteiger partial charge on any atom is 0.210 e. The third kappa shape index (κ3) is 5.66. The van der Waals surface area contributed by atoms with Gasteiger partial charge in [0.25, 0.3) is 0 Å². The van der Waals surface area contributed by atoms with Crippen LogP contribution in [-0.4, -0.2) is 76.8 Å². The average Bonchev–Trinajstić information content (AvgIpc) is 3.67. The molecular weight excluding hydrogens is 452 g/mol. The van der Waals surface area contributed by atoms with Gasteiger partial charge < -0.3 is 22.2 Å². The zero-order chi connectivity index (χ0) is 26.5. The first-order chi connectivity index (χ1) is 17.3. The van der Waals surface area contributed by atoms with Crippen molar-refractivity contribution in [2.45, 2.75) is 89.5 Å². The number of amides is 1. The predicted octanol–water partition coefficient (Wildman–Crippen LogP) is 1.91. The fraction of sp³-hybridized carbons (Fsp3) is 0.667. The van der Waals surface area contributed by atoms with Crippen molar-refractivity contribution >= 4 is 12.2 Å². The van der Waals surface area contributed by atoms with E-state index in [1.807, 2.05) is 13.8 Å². The average molecular weight is 497 g/mol. The molecule has 36 heavy (non-hydrogen) atoms. The lowest BCUT2D eigenvalue weighted by Gasteiger charge is -2.38. The van der Waals surface area contributed by atoms with Gasteiger partial charge in [0.1, 0.15) is 11.4 Å². The van der Waals surface area contributed by atoms with Gasteiger partial charge in [-0.25, -0.2) is 0 Å². The Morgan fingerprint density at radius 1 is 1.33 bits per heavy atom. The van der Waals surface area contributed by atoms with Gasteiger partial charge in [0, 0.05) is 55.9 Å². The van der Waals surface area contributed by atoms with Crippen LogP contribution in [0.2, 0.25) is 0 Å². The number of benzene rings is 1. The number of piperazine rings is 1. The van der Waals surface area contributed by atoms with Crippen molar-refractivity contribution in [2.24, 2.45) is 22.4 Å². The van der Waals surface area contributed by atoms with Crippen molar-refractivity contribution in [1.29, 1.82) is 5.26 Å². The number of rotatable bonds is 5. The SMILES string of the molecule is CC.CC(N)CN1C[C@@H]2CC1CN2C1CCc2cc(/C(N)=N/N)ccc21.CC1(C#N)CCCN1C=O. The number of hydrogen-bond donors (Lipinski definition) is 3. The molecule has 3 aliphatic heterocycles. The zero-order valence-electron chi connectivity index (χ0n) is 22.4. The van der Waals surface area contributed by atoms with Crippen molar-refractivity contribution in [3.63, 3.8) is 0 Å². The maximum absolute atomic E-state index is 10.4. The van der Waals surface area contributed by atoms with E-state index in [9.17, 15) is 4.79 Å². The Hall–Kier alpha value is -2.67. The first-order valence-corrected chi connectivity index (χ1v) is 13.3. The molecule has 0 radical (unpaired) electrons. The minimum Gasteiger partial charge on any atom is -0.382 e. The number of aryl methyl sites for hydroxylation is 1. The molecule has 2 bridgehead atoms. The second-order valence-corrected chi connectivity index (χ2v) is 10.4. The molecule has 198 valence electrons. The number of carbonyl (C=O) groups excluding carboxylic acids is 1. The van der Waals surface area contributed by atoms with Crippen LogP contribution in [0.4, 0.5) is 0 Å². The first-order valence-electron chi connectivity index (χ1n) is 13.3. The van der Waals surface area contributed by atoms with Gasteiger partial charge in [0.15, 0.2) is 0 Å². The van der Waals surface area contributed by atoms with Crippen LogP contribution in [0, 0.1) is 11.3 Å². The van der Waals surface area contributed by atoms with Crippen LogP contribution in [0.3, 0.4) is 0 Å². The van der Waals surface area contributed by atoms with Crippen LogP contribution in [-0.2, 0) is 11.2 Å². The summed E-state index contributed by atoms with van der Waals surface area (Å²) in [7, 11) is 0. The van der Waals surface area contributed by atoms with Gasteiger partial charge in [0.2, 0.25) is 6.41 Å². The number of fused-ring (bicyclic) bond motifs is 3. The number of hydrazone groups is 1. The highest BCUT2D eigenvalue weighted by Crippen LogP contribution is 2.43. The quantitative estimate of drug-likeness (QED) is 0.186. The Morgan fingerprint density at radius 2 is 2.08 bits per heavy atom. The van der Waals surface area contributed by atoms with Crippen LogP contribution in [0.1, 0.15) is 76.1 Å². The maximum atomic E-state index is 10.4. The number of nitrogens with zero attached hydrogens (tertiary/aromatic N) is 5. The van der Waals surface area contributed by atoms with Crippen LogP contribution in [0.25, 0.3) is 0 Å². The highest BCUT2D eigenvalue weighted by atomic mass is 16.1. The largest absolute Gasteiger partial charge is 0.382 e. The minimum atomic E-state index is -0.526. The molecule has 1 aromatic rings. The molecule has 4 aliphatic rings. The minimum absolute atomic E-state index is 0.262. The molecule has 9 nitrogen and oxygen atoms in total. The Bertz CT molecular complexity index is 973. The van der Waals surface area contributed by atoms with Gasteiger partial charge in [-0.15, -0.1) is 0 Å². The summed E-state index contributed by atoms with van der Waals surface area (Å²) in [6.07, 6.45) is 6.13. The lowest BCUT2D eigenvalue weighted by molar-refractivity contribution is -0.119. The normalized spacial score (nSPS) is 30.1. The van der Waals surface area contributed by atoms with Crippen molar-refractivity contribution in [1.82, 2.24) is 14.7 Å². The molecule has 1 amide bonds. The van der Waals surface area contributed by atoms with E-state index in [1.54, 1.807) is 11.8 Å². The molecule has 9 heteroatoms. The summed E-state index contributed by atoms with van der Waals surface area (Å²) < 4.78 is 0. The summed E-state index contributed by atoms with van der Waals surface area (Å²) in [5.41, 5.74) is 15.1. The zero-order valence-corrected chi connectivity index (χ0v) is 22.4. The van der Waals surface area contributed by atoms with Crippen LogP contribution in [0.5, 0.6) is 0 Å². The van der Waals surface area contributed by atoms with E-state index in [1.165, 1.54) is 37.1 Å². The van der Waals surface area contributed by atoms with Gasteiger partial charge in [0.05, 0.1) is 6.07 Å². The van der Waals surface area contributed by atoms with Crippen molar-refractivity contribution in [3.8, 4) is 6.07 Å². The summed E-state index contributed by atoms with van der Waals surface area (Å²) in [6, 6.07) is 10.8. The van der Waals surface area contributed by atoms with E-state index >= 15 is 0 Å². The number of likely N-dealkylation sites (tertiary alicyclic amines) is 3. The lowest BCUT2D eigenvalue weighted by atomic mass is 10.0.